The average molecular weight is 219 g/mol. The monoisotopic (exact) mass is 219 g/mol. The quantitative estimate of drug-likeness (QED) is 0.847. The molecule has 2 N–H and O–H groups in total. The van der Waals surface area contributed by atoms with Gasteiger partial charge in [-0.05, 0) is 24.1 Å². The highest BCUT2D eigenvalue weighted by molar-refractivity contribution is 5.45. The molecule has 2 heteroatoms. The molecule has 1 aliphatic rings. The molecule has 0 fully saturated rings. The Hall–Kier alpha value is -1.02. The largest absolute Gasteiger partial charge is 0.492 e. The van der Waals surface area contributed by atoms with Crippen LogP contribution in [0.15, 0.2) is 18.2 Å². The molecule has 1 atom stereocenters. The van der Waals surface area contributed by atoms with Crippen molar-refractivity contribution in [3.8, 4) is 5.75 Å². The minimum atomic E-state index is 0.122. The predicted molar refractivity (Wildman–Crippen MR) is 66.8 cm³/mol. The highest BCUT2D eigenvalue weighted by atomic mass is 16.5. The van der Waals surface area contributed by atoms with Crippen molar-refractivity contribution >= 4 is 0 Å². The second-order valence-corrected chi connectivity index (χ2v) is 5.32. The third-order valence-electron chi connectivity index (χ3n) is 3.35. The molecule has 0 amide bonds. The standard InChI is InChI=1S/C14H21NO/c1-4-5-12(15)10-6-7-13-11(8-10)14(2,3)9-16-13/h6-8,12H,4-5,9,15H2,1-3H3. The summed E-state index contributed by atoms with van der Waals surface area (Å²) in [6.45, 7) is 7.37. The van der Waals surface area contributed by atoms with E-state index in [9.17, 15) is 0 Å². The van der Waals surface area contributed by atoms with E-state index in [4.69, 9.17) is 10.5 Å². The molecule has 1 unspecified atom stereocenters. The summed E-state index contributed by atoms with van der Waals surface area (Å²) in [5, 5.41) is 0. The van der Waals surface area contributed by atoms with Crippen LogP contribution in [0.2, 0.25) is 0 Å². The molecule has 2 nitrogen and oxygen atoms in total. The van der Waals surface area contributed by atoms with Gasteiger partial charge in [-0.25, -0.2) is 0 Å². The van der Waals surface area contributed by atoms with Gasteiger partial charge in [0.05, 0.1) is 6.61 Å². The normalized spacial score (nSPS) is 19.0. The highest BCUT2D eigenvalue weighted by Gasteiger charge is 2.32. The molecule has 1 aliphatic heterocycles. The van der Waals surface area contributed by atoms with Gasteiger partial charge in [-0.15, -0.1) is 0 Å². The van der Waals surface area contributed by atoms with E-state index in [0.29, 0.717) is 0 Å². The van der Waals surface area contributed by atoms with E-state index < -0.39 is 0 Å². The summed E-state index contributed by atoms with van der Waals surface area (Å²) in [4.78, 5) is 0. The van der Waals surface area contributed by atoms with Crippen molar-refractivity contribution in [3.63, 3.8) is 0 Å². The fourth-order valence-electron chi connectivity index (χ4n) is 2.25. The van der Waals surface area contributed by atoms with Crippen LogP contribution < -0.4 is 10.5 Å². The lowest BCUT2D eigenvalue weighted by atomic mass is 9.85. The van der Waals surface area contributed by atoms with Crippen molar-refractivity contribution < 1.29 is 4.74 Å². The van der Waals surface area contributed by atoms with Gasteiger partial charge in [0, 0.05) is 17.0 Å². The third kappa shape index (κ3) is 1.94. The number of nitrogens with two attached hydrogens (primary N) is 1. The summed E-state index contributed by atoms with van der Waals surface area (Å²) in [5.74, 6) is 1.03. The summed E-state index contributed by atoms with van der Waals surface area (Å²) in [6.07, 6.45) is 2.16. The molecule has 0 saturated heterocycles. The molecule has 0 saturated carbocycles. The molecule has 0 spiro atoms. The maximum atomic E-state index is 6.15. The van der Waals surface area contributed by atoms with Crippen molar-refractivity contribution in [1.29, 1.82) is 0 Å². The van der Waals surface area contributed by atoms with Crippen LogP contribution in [0.1, 0.15) is 50.8 Å². The summed E-state index contributed by atoms with van der Waals surface area (Å²) in [6, 6.07) is 6.55. The lowest BCUT2D eigenvalue weighted by Gasteiger charge is -2.17. The first-order chi connectivity index (χ1) is 7.54. The average Bonchev–Trinajstić information content (AvgIpc) is 2.55. The molecular weight excluding hydrogens is 198 g/mol. The van der Waals surface area contributed by atoms with Crippen molar-refractivity contribution in [2.24, 2.45) is 5.73 Å². The minimum Gasteiger partial charge on any atom is -0.492 e. The van der Waals surface area contributed by atoms with Gasteiger partial charge in [-0.3, -0.25) is 0 Å². The second-order valence-electron chi connectivity index (χ2n) is 5.32. The van der Waals surface area contributed by atoms with Crippen molar-refractivity contribution in [2.75, 3.05) is 6.61 Å². The SMILES string of the molecule is CCCC(N)c1ccc2c(c1)C(C)(C)CO2. The molecule has 16 heavy (non-hydrogen) atoms. The van der Waals surface area contributed by atoms with Gasteiger partial charge in [0.2, 0.25) is 0 Å². The van der Waals surface area contributed by atoms with Crippen LogP contribution in [0.5, 0.6) is 5.75 Å². The Balaban J connectivity index is 2.32. The Morgan fingerprint density at radius 2 is 2.19 bits per heavy atom. The first-order valence-electron chi connectivity index (χ1n) is 6.07. The molecule has 0 aromatic heterocycles. The van der Waals surface area contributed by atoms with E-state index in [1.165, 1.54) is 11.1 Å². The van der Waals surface area contributed by atoms with Gasteiger partial charge in [0.25, 0.3) is 0 Å². The molecule has 2 rings (SSSR count). The smallest absolute Gasteiger partial charge is 0.123 e. The van der Waals surface area contributed by atoms with Crippen molar-refractivity contribution in [1.82, 2.24) is 0 Å². The summed E-state index contributed by atoms with van der Waals surface area (Å²) in [7, 11) is 0. The molecule has 0 radical (unpaired) electrons. The maximum absolute atomic E-state index is 6.15. The molecular formula is C14H21NO. The van der Waals surface area contributed by atoms with Crippen molar-refractivity contribution in [2.45, 2.75) is 45.1 Å². The zero-order chi connectivity index (χ0) is 11.8. The van der Waals surface area contributed by atoms with Gasteiger partial charge in [-0.2, -0.15) is 0 Å². The van der Waals surface area contributed by atoms with Gasteiger partial charge in [-0.1, -0.05) is 33.3 Å². The van der Waals surface area contributed by atoms with E-state index >= 15 is 0 Å². The Labute approximate surface area is 97.8 Å². The van der Waals surface area contributed by atoms with E-state index in [1.807, 2.05) is 0 Å². The highest BCUT2D eigenvalue weighted by Crippen LogP contribution is 2.39. The minimum absolute atomic E-state index is 0.122. The molecule has 88 valence electrons. The van der Waals surface area contributed by atoms with Crippen LogP contribution in [0.3, 0.4) is 0 Å². The first-order valence-corrected chi connectivity index (χ1v) is 6.07. The van der Waals surface area contributed by atoms with Crippen LogP contribution in [-0.4, -0.2) is 6.61 Å². The topological polar surface area (TPSA) is 35.2 Å². The number of rotatable bonds is 3. The zero-order valence-electron chi connectivity index (χ0n) is 10.4. The molecule has 1 aromatic rings. The Kier molecular flexibility index (Phi) is 2.94. The summed E-state index contributed by atoms with van der Waals surface area (Å²) in [5.41, 5.74) is 8.81. The van der Waals surface area contributed by atoms with Crippen LogP contribution >= 0.6 is 0 Å². The number of hydrogen-bond acceptors (Lipinski definition) is 2. The Morgan fingerprint density at radius 1 is 1.44 bits per heavy atom. The number of benzene rings is 1. The van der Waals surface area contributed by atoms with Crippen LogP contribution in [0.25, 0.3) is 0 Å². The van der Waals surface area contributed by atoms with Gasteiger partial charge >= 0.3 is 0 Å². The number of hydrogen-bond donors (Lipinski definition) is 1. The molecule has 1 heterocycles. The fourth-order valence-corrected chi connectivity index (χ4v) is 2.25. The lowest BCUT2D eigenvalue weighted by Crippen LogP contribution is -2.19. The zero-order valence-corrected chi connectivity index (χ0v) is 10.4. The van der Waals surface area contributed by atoms with Crippen LogP contribution in [0.4, 0.5) is 0 Å². The second kappa shape index (κ2) is 4.10. The van der Waals surface area contributed by atoms with Crippen LogP contribution in [0, 0.1) is 0 Å². The third-order valence-corrected chi connectivity index (χ3v) is 3.35. The molecule has 0 bridgehead atoms. The fraction of sp³-hybridized carbons (Fsp3) is 0.571. The maximum Gasteiger partial charge on any atom is 0.123 e. The van der Waals surface area contributed by atoms with Gasteiger partial charge < -0.3 is 10.5 Å². The predicted octanol–water partition coefficient (Wildman–Crippen LogP) is 3.16. The molecule has 0 aliphatic carbocycles. The van der Waals surface area contributed by atoms with Gasteiger partial charge in [0.1, 0.15) is 5.75 Å². The van der Waals surface area contributed by atoms with Crippen LogP contribution in [-0.2, 0) is 5.41 Å². The van der Waals surface area contributed by atoms with E-state index in [0.717, 1.165) is 25.2 Å². The van der Waals surface area contributed by atoms with Gasteiger partial charge in [0.15, 0.2) is 0 Å². The van der Waals surface area contributed by atoms with E-state index in [-0.39, 0.29) is 11.5 Å². The summed E-state index contributed by atoms with van der Waals surface area (Å²) < 4.78 is 5.67. The Bertz CT molecular complexity index is 384. The first kappa shape index (κ1) is 11.5. The molecule has 1 aromatic carbocycles. The van der Waals surface area contributed by atoms with E-state index in [1.54, 1.807) is 0 Å². The van der Waals surface area contributed by atoms with Crippen molar-refractivity contribution in [3.05, 3.63) is 29.3 Å². The summed E-state index contributed by atoms with van der Waals surface area (Å²) >= 11 is 0. The van der Waals surface area contributed by atoms with E-state index in [2.05, 4.69) is 39.0 Å². The number of ether oxygens (including phenoxy) is 1. The lowest BCUT2D eigenvalue weighted by molar-refractivity contribution is 0.291. The Morgan fingerprint density at radius 3 is 2.88 bits per heavy atom. The number of fused-ring (bicyclic) bond motifs is 1.